The molecule has 578 valence electrons. The van der Waals surface area contributed by atoms with Gasteiger partial charge in [-0.15, -0.1) is 0 Å². The highest BCUT2D eigenvalue weighted by molar-refractivity contribution is 6.61. The Hall–Kier alpha value is -17.2. The molecule has 0 aromatic heterocycles. The molecule has 0 saturated carbocycles. The van der Waals surface area contributed by atoms with Gasteiger partial charge < -0.3 is 9.47 Å². The van der Waals surface area contributed by atoms with Gasteiger partial charge in [-0.25, -0.2) is 0 Å². The SMILES string of the molecule is O=C1C(c2ccccc2)=C(c2ccc(Oc3ccc(C4=C(c5ccccc5)C(=O)C(c5ccccc5)=C4c4cc(C#Cc5ccccc5)cc(C#Cc5ccccc5)c4)cc3)cc2)C(c2ccc(Oc3ccc(C4=C(c5ccccc5)C(=O)C(c5ccccc5)=C4c4cc(C#Cc5ccccc5)cc(C#Cc5ccccc5)c4)cc3)cc2)=C1c1ccccc1. The molecule has 0 N–H and O–H groups in total. The van der Waals surface area contributed by atoms with Crippen molar-refractivity contribution in [2.24, 2.45) is 0 Å². The average Bonchev–Trinajstić information content (AvgIpc) is 1.59. The fourth-order valence-electron chi connectivity index (χ4n) is 16.3. The van der Waals surface area contributed by atoms with Gasteiger partial charge in [-0.1, -0.05) is 351 Å². The van der Waals surface area contributed by atoms with Crippen LogP contribution in [0.5, 0.6) is 23.0 Å². The molecular formula is C119H72O5. The van der Waals surface area contributed by atoms with Crippen LogP contribution >= 0.6 is 0 Å². The van der Waals surface area contributed by atoms with Crippen molar-refractivity contribution in [1.82, 2.24) is 0 Å². The zero-order chi connectivity index (χ0) is 83.5. The predicted octanol–water partition coefficient (Wildman–Crippen LogP) is 26.2. The van der Waals surface area contributed by atoms with Crippen molar-refractivity contribution in [3.05, 3.63) is 548 Å². The normalized spacial score (nSPS) is 12.9. The summed E-state index contributed by atoms with van der Waals surface area (Å²) in [6, 6.07) is 143. The van der Waals surface area contributed by atoms with Crippen molar-refractivity contribution in [3.8, 4) is 70.4 Å². The van der Waals surface area contributed by atoms with Crippen LogP contribution < -0.4 is 9.47 Å². The Labute approximate surface area is 721 Å². The number of rotatable bonds is 16. The van der Waals surface area contributed by atoms with Crippen LogP contribution in [0.15, 0.2) is 437 Å². The van der Waals surface area contributed by atoms with Crippen molar-refractivity contribution in [1.29, 1.82) is 0 Å². The van der Waals surface area contributed by atoms with E-state index in [0.717, 1.165) is 145 Å². The summed E-state index contributed by atoms with van der Waals surface area (Å²) >= 11 is 0. The van der Waals surface area contributed by atoms with Gasteiger partial charge in [-0.2, -0.15) is 0 Å². The summed E-state index contributed by atoms with van der Waals surface area (Å²) in [6.45, 7) is 0. The largest absolute Gasteiger partial charge is 0.457 e. The van der Waals surface area contributed by atoms with Crippen LogP contribution in [-0.2, 0) is 14.4 Å². The third-order valence-corrected chi connectivity index (χ3v) is 22.0. The first-order valence-corrected chi connectivity index (χ1v) is 41.0. The maximum atomic E-state index is 15.7. The van der Waals surface area contributed by atoms with Gasteiger partial charge in [0, 0.05) is 111 Å². The van der Waals surface area contributed by atoms with Crippen molar-refractivity contribution in [2.45, 2.75) is 0 Å². The molecule has 0 bridgehead atoms. The highest BCUT2D eigenvalue weighted by Gasteiger charge is 2.39. The Morgan fingerprint density at radius 1 is 0.129 bits per heavy atom. The number of ketones is 3. The molecule has 5 heteroatoms. The summed E-state index contributed by atoms with van der Waals surface area (Å²) in [4.78, 5) is 47.0. The van der Waals surface area contributed by atoms with E-state index in [-0.39, 0.29) is 17.3 Å². The molecule has 5 nitrogen and oxygen atoms in total. The lowest BCUT2D eigenvalue weighted by molar-refractivity contribution is -0.109. The molecule has 3 aliphatic rings. The standard InChI is InChI=1S/C119H72O5/c120-117-111(89-39-19-5-20-40-89)105(95-59-67-101(68-60-95)123-103-71-63-97(64-72-103)107-109(115(93-47-27-9-28-48-93)118(121)113(107)91-43-23-7-24-44-91)99-77-85(55-51-81-31-11-1-12-32-81)75-86(78-99)56-52-82-33-13-2-14-34-82)106(112(117)90-41-21-6-22-42-90)96-61-69-102(70-62-96)124-104-73-65-98(66-74-104)108-110(116(94-49-29-10-30-50-94)119(122)114(108)92-45-25-8-26-46-92)100-79-87(57-53-83-35-15-3-16-36-83)76-88(80-100)58-54-84-37-17-4-18-38-84/h1-50,59-80H. The quantitative estimate of drug-likeness (QED) is 0.0902. The van der Waals surface area contributed by atoms with Gasteiger partial charge >= 0.3 is 0 Å². The maximum Gasteiger partial charge on any atom is 0.195 e. The van der Waals surface area contributed by atoms with Crippen LogP contribution in [-0.4, -0.2) is 17.3 Å². The van der Waals surface area contributed by atoms with E-state index in [1.165, 1.54) is 0 Å². The second kappa shape index (κ2) is 35.2. The molecule has 124 heavy (non-hydrogen) atoms. The lowest BCUT2D eigenvalue weighted by Crippen LogP contribution is -2.01. The van der Waals surface area contributed by atoms with Crippen molar-refractivity contribution in [2.75, 3.05) is 0 Å². The number of hydrogen-bond acceptors (Lipinski definition) is 5. The van der Waals surface area contributed by atoms with E-state index in [1.54, 1.807) is 0 Å². The molecule has 0 aliphatic heterocycles. The maximum absolute atomic E-state index is 15.7. The lowest BCUT2D eigenvalue weighted by atomic mass is 9.87. The topological polar surface area (TPSA) is 69.7 Å². The summed E-state index contributed by atoms with van der Waals surface area (Å²) in [6.07, 6.45) is 0. The molecule has 16 aromatic rings. The van der Waals surface area contributed by atoms with Gasteiger partial charge in [0.2, 0.25) is 0 Å². The Kier molecular flexibility index (Phi) is 21.8. The van der Waals surface area contributed by atoms with Crippen LogP contribution in [0.25, 0.3) is 66.9 Å². The Morgan fingerprint density at radius 2 is 0.274 bits per heavy atom. The summed E-state index contributed by atoms with van der Waals surface area (Å²) in [5.41, 5.74) is 24.1. The third kappa shape index (κ3) is 16.4. The van der Waals surface area contributed by atoms with Crippen molar-refractivity contribution < 1.29 is 23.9 Å². The number of ether oxygens (including phenoxy) is 2. The zero-order valence-corrected chi connectivity index (χ0v) is 67.1. The molecule has 3 aliphatic carbocycles. The summed E-state index contributed by atoms with van der Waals surface area (Å²) in [5, 5.41) is 0. The average molecular weight is 1580 g/mol. The van der Waals surface area contributed by atoms with Crippen LogP contribution in [0, 0.1) is 47.4 Å². The lowest BCUT2D eigenvalue weighted by Gasteiger charge is -2.16. The summed E-state index contributed by atoms with van der Waals surface area (Å²) in [7, 11) is 0. The molecule has 0 amide bonds. The minimum absolute atomic E-state index is 0.0950. The molecule has 0 atom stereocenters. The van der Waals surface area contributed by atoms with Crippen LogP contribution in [0.4, 0.5) is 0 Å². The van der Waals surface area contributed by atoms with Gasteiger partial charge in [0.1, 0.15) is 23.0 Å². The number of Topliss-reactive ketones (excluding diaryl/α,β-unsaturated/α-hetero) is 3. The van der Waals surface area contributed by atoms with Crippen LogP contribution in [0.2, 0.25) is 0 Å². The molecular weight excluding hydrogens is 1510 g/mol. The Bertz CT molecular complexity index is 6710. The first-order valence-electron chi connectivity index (χ1n) is 41.0. The smallest absolute Gasteiger partial charge is 0.195 e. The monoisotopic (exact) mass is 1580 g/mol. The predicted molar refractivity (Wildman–Crippen MR) is 503 cm³/mol. The molecule has 19 rings (SSSR count). The van der Waals surface area contributed by atoms with Gasteiger partial charge in [-0.05, 0) is 200 Å². The summed E-state index contributed by atoms with van der Waals surface area (Å²) in [5.74, 6) is 29.3. The van der Waals surface area contributed by atoms with E-state index in [0.29, 0.717) is 56.4 Å². The fourth-order valence-corrected chi connectivity index (χ4v) is 16.3. The second-order valence-electron chi connectivity index (χ2n) is 30.0. The van der Waals surface area contributed by atoms with Gasteiger partial charge in [0.25, 0.3) is 0 Å². The molecule has 16 aromatic carbocycles. The van der Waals surface area contributed by atoms with Gasteiger partial charge in [0.05, 0.1) is 0 Å². The van der Waals surface area contributed by atoms with Gasteiger partial charge in [-0.3, -0.25) is 14.4 Å². The van der Waals surface area contributed by atoms with Crippen LogP contribution in [0.1, 0.15) is 111 Å². The Morgan fingerprint density at radius 3 is 0.452 bits per heavy atom. The van der Waals surface area contributed by atoms with Crippen LogP contribution in [0.3, 0.4) is 0 Å². The molecule has 0 heterocycles. The van der Waals surface area contributed by atoms with E-state index >= 15 is 14.4 Å². The first-order chi connectivity index (χ1) is 61.2. The molecule has 0 unspecified atom stereocenters. The molecule has 0 saturated heterocycles. The van der Waals surface area contributed by atoms with Gasteiger partial charge in [0.15, 0.2) is 17.3 Å². The van der Waals surface area contributed by atoms with E-state index in [4.69, 9.17) is 9.47 Å². The van der Waals surface area contributed by atoms with E-state index < -0.39 is 0 Å². The minimum atomic E-state index is -0.0989. The van der Waals surface area contributed by atoms with E-state index in [2.05, 4.69) is 71.6 Å². The van der Waals surface area contributed by atoms with E-state index in [1.807, 2.05) is 413 Å². The fraction of sp³-hybridized carbons (Fsp3) is 0. The number of benzene rings is 16. The highest BCUT2D eigenvalue weighted by atomic mass is 16.5. The number of carbonyl (C=O) groups is 3. The number of allylic oxidation sites excluding steroid dienone is 12. The molecule has 0 radical (unpaired) electrons. The first kappa shape index (κ1) is 76.8. The van der Waals surface area contributed by atoms with E-state index in [9.17, 15) is 0 Å². The zero-order valence-electron chi connectivity index (χ0n) is 67.1. The highest BCUT2D eigenvalue weighted by Crippen LogP contribution is 2.54. The number of carbonyl (C=O) groups excluding carboxylic acids is 3. The molecule has 0 spiro atoms. The minimum Gasteiger partial charge on any atom is -0.457 e. The van der Waals surface area contributed by atoms with Crippen molar-refractivity contribution >= 4 is 84.2 Å². The summed E-state index contributed by atoms with van der Waals surface area (Å²) < 4.78 is 13.6. The Balaban J connectivity index is 0.653. The molecule has 0 fully saturated rings. The third-order valence-electron chi connectivity index (χ3n) is 22.0. The second-order valence-corrected chi connectivity index (χ2v) is 30.0. The van der Waals surface area contributed by atoms with Crippen molar-refractivity contribution in [3.63, 3.8) is 0 Å². The number of hydrogen-bond donors (Lipinski definition) is 0.